The van der Waals surface area contributed by atoms with E-state index in [0.717, 1.165) is 38.5 Å². The zero-order chi connectivity index (χ0) is 63.8. The van der Waals surface area contributed by atoms with Gasteiger partial charge in [-0.2, -0.15) is 35.0 Å². The number of amides is 2. The number of aromatic nitrogens is 2. The number of allylic oxidation sites excluding steroid dienone is 6. The number of nitrogen functional groups attached to an aromatic ring is 1. The molecule has 3 aromatic rings. The molecule has 2 amide bonds. The minimum Gasteiger partial charge on any atom is -0.390 e. The van der Waals surface area contributed by atoms with Crippen LogP contribution in [0.4, 0.5) is 17.2 Å². The molecule has 472 valence electrons. The summed E-state index contributed by atoms with van der Waals surface area (Å²) in [5.74, 6) is 5.74. The van der Waals surface area contributed by atoms with Gasteiger partial charge in [0.15, 0.2) is 5.71 Å². The van der Waals surface area contributed by atoms with E-state index in [-0.39, 0.29) is 58.4 Å². The van der Waals surface area contributed by atoms with Crippen LogP contribution in [0.3, 0.4) is 0 Å². The second kappa shape index (κ2) is 28.8. The molecule has 6 rings (SSSR count). The summed E-state index contributed by atoms with van der Waals surface area (Å²) < 4.78 is 123. The molecule has 3 unspecified atom stereocenters. The topological polar surface area (TPSA) is 423 Å². The fourth-order valence-electron chi connectivity index (χ4n) is 9.70. The van der Waals surface area contributed by atoms with Gasteiger partial charge in [-0.3, -0.25) is 27.8 Å². The van der Waals surface area contributed by atoms with E-state index in [1.807, 2.05) is 71.9 Å². The third kappa shape index (κ3) is 18.9. The highest BCUT2D eigenvalue weighted by molar-refractivity contribution is 8.76. The summed E-state index contributed by atoms with van der Waals surface area (Å²) >= 11 is 0. The standard InChI is InChI=1S/C51H68N7O21P3S4/c1-7-56-39-21-19-35(85(70,71)72)27-37(39)50(3,4)43(56)16-10-8-11-17-44-51(5,6)38-28-36(86(73,74)75)20-22-40(38)57(44)25-13-9-12-18-46(61)54-33(2)32-84-83-26-23-45(60)53-24-14-15-34-30-58(49(62)55-48(34)52)47-29-41(59)42(77-47)31-76-81(66,67)79-82(68,69)78-80(63,64)65/h8,10-11,16-17,19-22,27-28,30,33,41-42,47,59H,7,9,12-13,18,23-26,29,31-32H2,1-6H3,(H9-,52,53,54,55,60,61,62,63,64,65,66,67,68,69,70,71,72,73,74,75)/p+1/t33?,41-,42-,47-/m1/s1. The van der Waals surface area contributed by atoms with Crippen LogP contribution in [-0.2, 0) is 72.2 Å². The van der Waals surface area contributed by atoms with Crippen molar-refractivity contribution in [1.82, 2.24) is 20.2 Å². The number of benzene rings is 2. The minimum atomic E-state index is -5.79. The molecule has 0 saturated carbocycles. The van der Waals surface area contributed by atoms with Crippen LogP contribution >= 0.6 is 45.1 Å². The molecule has 1 aromatic heterocycles. The van der Waals surface area contributed by atoms with Gasteiger partial charge in [0.05, 0.1) is 40.0 Å². The molecule has 0 aliphatic carbocycles. The van der Waals surface area contributed by atoms with Gasteiger partial charge in [-0.1, -0.05) is 65.5 Å². The molecule has 0 bridgehead atoms. The van der Waals surface area contributed by atoms with Crippen LogP contribution < -0.4 is 27.0 Å². The Bertz CT molecular complexity index is 3710. The number of aliphatic hydroxyl groups is 1. The molecule has 4 heterocycles. The van der Waals surface area contributed by atoms with Crippen LogP contribution in [0, 0.1) is 11.8 Å². The highest BCUT2D eigenvalue weighted by Crippen LogP contribution is 2.66. The van der Waals surface area contributed by atoms with E-state index in [2.05, 4.69) is 50.1 Å². The van der Waals surface area contributed by atoms with Crippen LogP contribution in [0.15, 0.2) is 93.3 Å². The predicted molar refractivity (Wildman–Crippen MR) is 320 cm³/mol. The lowest BCUT2D eigenvalue weighted by Crippen LogP contribution is -2.33. The zero-order valence-electron chi connectivity index (χ0n) is 47.4. The van der Waals surface area contributed by atoms with E-state index < -0.39 is 85.3 Å². The summed E-state index contributed by atoms with van der Waals surface area (Å²) in [6.07, 6.45) is 8.86. The number of hydrogen-bond donors (Lipinski definition) is 10. The SMILES string of the molecule is CCN1C(=CC=CC=CC2=[N+](CCCCCC(=O)NC(C)CSSCCC(=O)NCC#Cc3cn([C@H]4C[C@@H](O)[C@@H](COP(=O)(O)OP(=O)(O)OP(=O)(O)O)O4)c(=O)nc3N)c3ccc(S(=O)(=O)O)cc3C2(C)C)C(C)(C)c2cc(S(=O)(=O)O)ccc21. The lowest BCUT2D eigenvalue weighted by Gasteiger charge is -2.25. The van der Waals surface area contributed by atoms with Crippen molar-refractivity contribution < 1.29 is 96.4 Å². The quantitative estimate of drug-likeness (QED) is 0.00815. The molecule has 11 N–H and O–H groups in total. The maximum atomic E-state index is 12.9. The van der Waals surface area contributed by atoms with Crippen molar-refractivity contribution in [1.29, 1.82) is 0 Å². The Labute approximate surface area is 505 Å². The van der Waals surface area contributed by atoms with Gasteiger partial charge < -0.3 is 50.7 Å². The van der Waals surface area contributed by atoms with Gasteiger partial charge in [-0.25, -0.2) is 18.5 Å². The van der Waals surface area contributed by atoms with E-state index in [4.69, 9.17) is 20.3 Å². The number of nitrogens with zero attached hydrogens (tertiary/aromatic N) is 4. The van der Waals surface area contributed by atoms with Crippen LogP contribution in [0.2, 0.25) is 0 Å². The van der Waals surface area contributed by atoms with E-state index in [0.29, 0.717) is 50.3 Å². The molecular weight excluding hydrogens is 1270 g/mol. The van der Waals surface area contributed by atoms with Gasteiger partial charge in [0.1, 0.15) is 24.7 Å². The highest BCUT2D eigenvalue weighted by Gasteiger charge is 2.46. The number of unbranched alkanes of at least 4 members (excludes halogenated alkanes) is 2. The lowest BCUT2D eigenvalue weighted by atomic mass is 9.81. The number of anilines is 2. The molecular formula is C51H69N7O21P3S4+. The summed E-state index contributed by atoms with van der Waals surface area (Å²) in [6.45, 7) is 11.9. The second-order valence-electron chi connectivity index (χ2n) is 20.9. The van der Waals surface area contributed by atoms with Crippen LogP contribution in [0.5, 0.6) is 0 Å². The normalized spacial score (nSPS) is 20.6. The van der Waals surface area contributed by atoms with Gasteiger partial charge in [0, 0.05) is 90.5 Å². The Morgan fingerprint density at radius 2 is 1.59 bits per heavy atom. The van der Waals surface area contributed by atoms with Crippen molar-refractivity contribution in [3.05, 3.63) is 106 Å². The molecule has 28 nitrogen and oxygen atoms in total. The third-order valence-corrected chi connectivity index (χ3v) is 21.9. The minimum absolute atomic E-state index is 0.0447. The molecule has 35 heteroatoms. The summed E-state index contributed by atoms with van der Waals surface area (Å²) in [7, 11) is -22.9. The first-order chi connectivity index (χ1) is 39.9. The second-order valence-corrected chi connectivity index (χ2v) is 30.8. The van der Waals surface area contributed by atoms with E-state index >= 15 is 0 Å². The highest BCUT2D eigenvalue weighted by atomic mass is 33.1. The van der Waals surface area contributed by atoms with Crippen molar-refractivity contribution in [2.75, 3.05) is 48.4 Å². The molecule has 0 spiro atoms. The average molecular weight is 1340 g/mol. The largest absolute Gasteiger partial charge is 0.490 e. The number of nitrogens with one attached hydrogen (secondary N) is 2. The van der Waals surface area contributed by atoms with Gasteiger partial charge in [0.25, 0.3) is 20.2 Å². The maximum absolute atomic E-state index is 12.9. The Morgan fingerprint density at radius 1 is 0.919 bits per heavy atom. The Kier molecular flexibility index (Phi) is 23.5. The number of rotatable bonds is 28. The smallest absolute Gasteiger partial charge is 0.390 e. The molecule has 6 atom stereocenters. The Morgan fingerprint density at radius 3 is 2.26 bits per heavy atom. The van der Waals surface area contributed by atoms with Crippen molar-refractivity contribution >= 4 is 100 Å². The molecule has 0 radical (unpaired) electrons. The number of phosphoric ester groups is 1. The fourth-order valence-corrected chi connectivity index (χ4v) is 16.0. The van der Waals surface area contributed by atoms with Crippen molar-refractivity contribution in [3.63, 3.8) is 0 Å². The number of aliphatic hydroxyl groups excluding tert-OH is 1. The first-order valence-electron chi connectivity index (χ1n) is 26.5. The molecule has 3 aliphatic heterocycles. The van der Waals surface area contributed by atoms with E-state index in [9.17, 15) is 68.9 Å². The zero-order valence-corrected chi connectivity index (χ0v) is 53.4. The average Bonchev–Trinajstić information content (AvgIpc) is 1.63. The lowest BCUT2D eigenvalue weighted by molar-refractivity contribution is -0.438. The summed E-state index contributed by atoms with van der Waals surface area (Å²) in [5.41, 5.74) is 8.73. The van der Waals surface area contributed by atoms with Crippen LogP contribution in [-0.4, -0.2) is 138 Å². The monoisotopic (exact) mass is 1340 g/mol. The molecule has 1 saturated heterocycles. The van der Waals surface area contributed by atoms with Gasteiger partial charge in [0.2, 0.25) is 17.5 Å². The maximum Gasteiger partial charge on any atom is 0.490 e. The Balaban J connectivity index is 0.922. The number of carbonyl (C=O) groups is 2. The van der Waals surface area contributed by atoms with Crippen molar-refractivity contribution in [2.45, 2.75) is 125 Å². The number of phosphoric acid groups is 3. The van der Waals surface area contributed by atoms with E-state index in [1.54, 1.807) is 12.1 Å². The van der Waals surface area contributed by atoms with Gasteiger partial charge >= 0.3 is 29.2 Å². The van der Waals surface area contributed by atoms with Crippen LogP contribution in [0.25, 0.3) is 0 Å². The first-order valence-corrected chi connectivity index (χ1v) is 36.3. The Hall–Kier alpha value is -4.84. The number of fused-ring (bicyclic) bond motifs is 2. The number of carbonyl (C=O) groups excluding carboxylic acids is 2. The molecule has 2 aromatic carbocycles. The summed E-state index contributed by atoms with van der Waals surface area (Å²) in [6, 6.07) is 8.99. The number of likely N-dealkylation sites (N-methyl/N-ethyl adjacent to an activating group) is 1. The van der Waals surface area contributed by atoms with Gasteiger partial charge in [-0.15, -0.1) is 0 Å². The van der Waals surface area contributed by atoms with Crippen molar-refractivity contribution in [2.24, 2.45) is 0 Å². The summed E-state index contributed by atoms with van der Waals surface area (Å²) in [5, 5.41) is 16.1. The first kappa shape index (κ1) is 70.2. The third-order valence-electron chi connectivity index (χ3n) is 13.8. The predicted octanol–water partition coefficient (Wildman–Crippen LogP) is 5.51. The molecule has 86 heavy (non-hydrogen) atoms. The van der Waals surface area contributed by atoms with E-state index in [1.165, 1.54) is 52.1 Å². The summed E-state index contributed by atoms with van der Waals surface area (Å²) in [4.78, 5) is 80.0. The number of ether oxygens (including phenoxy) is 1. The fraction of sp³-hybridized carbons (Fsp3) is 0.471. The van der Waals surface area contributed by atoms with Gasteiger partial charge in [-0.05, 0) is 82.5 Å². The number of nitrogens with two attached hydrogens (primary N) is 1. The van der Waals surface area contributed by atoms with Crippen molar-refractivity contribution in [3.8, 4) is 11.8 Å². The molecule has 1 fully saturated rings. The number of hydrogen-bond acceptors (Lipinski definition) is 20. The van der Waals surface area contributed by atoms with Crippen LogP contribution in [0.1, 0.15) is 103 Å². The molecule has 3 aliphatic rings.